The van der Waals surface area contributed by atoms with Crippen molar-refractivity contribution in [3.05, 3.63) is 29.6 Å². The molecule has 90 valence electrons. The predicted molar refractivity (Wildman–Crippen MR) is 67.3 cm³/mol. The summed E-state index contributed by atoms with van der Waals surface area (Å²) in [5, 5.41) is 2.61. The van der Waals surface area contributed by atoms with Crippen LogP contribution in [0.2, 0.25) is 0 Å². The summed E-state index contributed by atoms with van der Waals surface area (Å²) in [6.45, 7) is 3.40. The van der Waals surface area contributed by atoms with Gasteiger partial charge in [0, 0.05) is 12.7 Å². The van der Waals surface area contributed by atoms with Gasteiger partial charge in [-0.2, -0.15) is 0 Å². The second kappa shape index (κ2) is 5.89. The maximum atomic E-state index is 12.8. The number of carbonyl (C=O) groups is 1. The van der Waals surface area contributed by atoms with Crippen molar-refractivity contribution in [1.29, 1.82) is 0 Å². The van der Waals surface area contributed by atoms with E-state index in [1.807, 2.05) is 0 Å². The SMILES string of the molecule is CN=C(C)N=CC(=O)Nc1ccc(F)cc1C. The zero-order chi connectivity index (χ0) is 12.8. The minimum absolute atomic E-state index is 0.330. The van der Waals surface area contributed by atoms with E-state index < -0.39 is 0 Å². The molecule has 0 aliphatic rings. The highest BCUT2D eigenvalue weighted by Gasteiger charge is 2.03. The maximum absolute atomic E-state index is 12.8. The molecule has 0 fully saturated rings. The molecule has 1 N–H and O–H groups in total. The van der Waals surface area contributed by atoms with Crippen LogP contribution >= 0.6 is 0 Å². The summed E-state index contributed by atoms with van der Waals surface area (Å²) in [4.78, 5) is 19.1. The van der Waals surface area contributed by atoms with E-state index in [1.165, 1.54) is 18.2 Å². The van der Waals surface area contributed by atoms with E-state index in [0.717, 1.165) is 6.21 Å². The number of rotatable bonds is 2. The fraction of sp³-hybridized carbons (Fsp3) is 0.250. The number of benzene rings is 1. The van der Waals surface area contributed by atoms with Crippen LogP contribution in [0, 0.1) is 12.7 Å². The molecule has 1 rings (SSSR count). The summed E-state index contributed by atoms with van der Waals surface area (Å²) in [6.07, 6.45) is 1.14. The first-order valence-electron chi connectivity index (χ1n) is 5.07. The Morgan fingerprint density at radius 3 is 2.76 bits per heavy atom. The van der Waals surface area contributed by atoms with Crippen molar-refractivity contribution in [2.75, 3.05) is 12.4 Å². The Balaban J connectivity index is 2.72. The number of nitrogens with one attached hydrogen (secondary N) is 1. The Morgan fingerprint density at radius 1 is 1.47 bits per heavy atom. The molecular weight excluding hydrogens is 221 g/mol. The number of nitrogens with zero attached hydrogens (tertiary/aromatic N) is 2. The summed E-state index contributed by atoms with van der Waals surface area (Å²) in [7, 11) is 1.59. The van der Waals surface area contributed by atoms with Crippen LogP contribution in [-0.2, 0) is 4.79 Å². The van der Waals surface area contributed by atoms with Gasteiger partial charge in [0.05, 0.1) is 6.21 Å². The maximum Gasteiger partial charge on any atom is 0.266 e. The smallest absolute Gasteiger partial charge is 0.266 e. The molecule has 1 amide bonds. The average Bonchev–Trinajstić information content (AvgIpc) is 2.29. The molecule has 1 aromatic rings. The van der Waals surface area contributed by atoms with E-state index in [2.05, 4.69) is 15.3 Å². The van der Waals surface area contributed by atoms with Gasteiger partial charge in [-0.25, -0.2) is 9.38 Å². The van der Waals surface area contributed by atoms with Crippen molar-refractivity contribution in [1.82, 2.24) is 0 Å². The Hall–Kier alpha value is -2.04. The summed E-state index contributed by atoms with van der Waals surface area (Å²) in [5.74, 6) is -0.193. The van der Waals surface area contributed by atoms with E-state index >= 15 is 0 Å². The number of halogens is 1. The van der Waals surface area contributed by atoms with Crippen LogP contribution in [0.25, 0.3) is 0 Å². The average molecular weight is 235 g/mol. The third-order valence-corrected chi connectivity index (χ3v) is 2.14. The molecular formula is C12H14FN3O. The van der Waals surface area contributed by atoms with Gasteiger partial charge in [0.2, 0.25) is 0 Å². The largest absolute Gasteiger partial charge is 0.321 e. The molecule has 4 nitrogen and oxygen atoms in total. The molecule has 0 atom stereocenters. The number of hydrogen-bond acceptors (Lipinski definition) is 2. The lowest BCUT2D eigenvalue weighted by atomic mass is 10.2. The van der Waals surface area contributed by atoms with Gasteiger partial charge >= 0.3 is 0 Å². The highest BCUT2D eigenvalue weighted by atomic mass is 19.1. The van der Waals surface area contributed by atoms with Gasteiger partial charge in [-0.1, -0.05) is 0 Å². The van der Waals surface area contributed by atoms with E-state index in [1.54, 1.807) is 20.9 Å². The van der Waals surface area contributed by atoms with Gasteiger partial charge < -0.3 is 5.32 Å². The first-order chi connectivity index (χ1) is 8.02. The van der Waals surface area contributed by atoms with Gasteiger partial charge in [-0.05, 0) is 37.6 Å². The summed E-state index contributed by atoms with van der Waals surface area (Å²) < 4.78 is 12.8. The number of carbonyl (C=O) groups excluding carboxylic acids is 1. The predicted octanol–water partition coefficient (Wildman–Crippen LogP) is 2.19. The Labute approximate surface area is 99.3 Å². The van der Waals surface area contributed by atoms with Gasteiger partial charge in [0.1, 0.15) is 11.7 Å². The monoisotopic (exact) mass is 235 g/mol. The van der Waals surface area contributed by atoms with E-state index in [9.17, 15) is 9.18 Å². The Bertz CT molecular complexity index is 481. The fourth-order valence-electron chi connectivity index (χ4n) is 1.14. The normalized spacial score (nSPS) is 11.9. The molecule has 5 heteroatoms. The lowest BCUT2D eigenvalue weighted by Gasteiger charge is -2.05. The van der Waals surface area contributed by atoms with Crippen LogP contribution in [0.4, 0.5) is 10.1 Å². The standard InChI is InChI=1S/C12H14FN3O/c1-8-6-10(13)4-5-11(8)16-12(17)7-15-9(2)14-3/h4-7H,1-3H3,(H,16,17). The third kappa shape index (κ3) is 4.14. The van der Waals surface area contributed by atoms with Crippen molar-refractivity contribution in [3.63, 3.8) is 0 Å². The molecule has 0 saturated carbocycles. The number of amides is 1. The van der Waals surface area contributed by atoms with Crippen LogP contribution in [0.3, 0.4) is 0 Å². The summed E-state index contributed by atoms with van der Waals surface area (Å²) >= 11 is 0. The molecule has 1 aromatic carbocycles. The van der Waals surface area contributed by atoms with Crippen LogP contribution in [0.15, 0.2) is 28.2 Å². The number of anilines is 1. The number of aliphatic imine (C=N–C) groups is 2. The highest BCUT2D eigenvalue weighted by molar-refractivity contribution is 6.33. The first kappa shape index (κ1) is 13.0. The molecule has 0 aliphatic heterocycles. The minimum atomic E-state index is -0.372. The fourth-order valence-corrected chi connectivity index (χ4v) is 1.14. The van der Waals surface area contributed by atoms with Crippen molar-refractivity contribution >= 4 is 23.6 Å². The van der Waals surface area contributed by atoms with E-state index in [-0.39, 0.29) is 11.7 Å². The van der Waals surface area contributed by atoms with Gasteiger partial charge in [0.15, 0.2) is 0 Å². The number of hydrogen-bond donors (Lipinski definition) is 1. The summed E-state index contributed by atoms with van der Waals surface area (Å²) in [6, 6.07) is 4.15. The molecule has 0 bridgehead atoms. The quantitative estimate of drug-likeness (QED) is 0.620. The Kier molecular flexibility index (Phi) is 4.51. The minimum Gasteiger partial charge on any atom is -0.321 e. The summed E-state index contributed by atoms with van der Waals surface area (Å²) in [5.41, 5.74) is 1.22. The first-order valence-corrected chi connectivity index (χ1v) is 5.07. The van der Waals surface area contributed by atoms with Gasteiger partial charge in [0.25, 0.3) is 5.91 Å². The second-order valence-electron chi connectivity index (χ2n) is 3.48. The van der Waals surface area contributed by atoms with Crippen LogP contribution < -0.4 is 5.32 Å². The number of amidine groups is 1. The second-order valence-corrected chi connectivity index (χ2v) is 3.48. The molecule has 0 unspecified atom stereocenters. The topological polar surface area (TPSA) is 53.8 Å². The molecule has 0 aliphatic carbocycles. The lowest BCUT2D eigenvalue weighted by molar-refractivity contribution is -0.109. The van der Waals surface area contributed by atoms with Crippen LogP contribution in [0.1, 0.15) is 12.5 Å². The van der Waals surface area contributed by atoms with Crippen molar-refractivity contribution in [2.45, 2.75) is 13.8 Å². The number of aryl methyl sites for hydroxylation is 1. The molecule has 0 heterocycles. The van der Waals surface area contributed by atoms with Crippen molar-refractivity contribution in [2.24, 2.45) is 9.98 Å². The Morgan fingerprint density at radius 2 is 2.18 bits per heavy atom. The zero-order valence-corrected chi connectivity index (χ0v) is 9.99. The highest BCUT2D eigenvalue weighted by Crippen LogP contribution is 2.15. The van der Waals surface area contributed by atoms with Crippen LogP contribution in [0.5, 0.6) is 0 Å². The van der Waals surface area contributed by atoms with Crippen molar-refractivity contribution < 1.29 is 9.18 Å². The van der Waals surface area contributed by atoms with Gasteiger partial charge in [-0.3, -0.25) is 9.79 Å². The molecule has 17 heavy (non-hydrogen) atoms. The molecule has 0 aromatic heterocycles. The van der Waals surface area contributed by atoms with Gasteiger partial charge in [-0.15, -0.1) is 0 Å². The zero-order valence-electron chi connectivity index (χ0n) is 9.99. The molecule has 0 saturated heterocycles. The van der Waals surface area contributed by atoms with Crippen LogP contribution in [-0.4, -0.2) is 25.0 Å². The van der Waals surface area contributed by atoms with E-state index in [4.69, 9.17) is 0 Å². The third-order valence-electron chi connectivity index (χ3n) is 2.14. The van der Waals surface area contributed by atoms with E-state index in [0.29, 0.717) is 17.1 Å². The molecule has 0 spiro atoms. The lowest BCUT2D eigenvalue weighted by Crippen LogP contribution is -2.14. The van der Waals surface area contributed by atoms with Crippen molar-refractivity contribution in [3.8, 4) is 0 Å². The molecule has 0 radical (unpaired) electrons.